The zero-order valence-corrected chi connectivity index (χ0v) is 16.9. The number of halogens is 1. The second kappa shape index (κ2) is 8.45. The molecule has 4 rings (SSSR count). The van der Waals surface area contributed by atoms with Crippen molar-refractivity contribution < 1.29 is 9.90 Å². The number of nitrogens with zero attached hydrogens (tertiary/aromatic N) is 3. The fraction of sp³-hybridized carbons (Fsp3) is 0.0909. The Morgan fingerprint density at radius 1 is 1.10 bits per heavy atom. The summed E-state index contributed by atoms with van der Waals surface area (Å²) in [6.07, 6.45) is 7.53. The van der Waals surface area contributed by atoms with Gasteiger partial charge in [0.25, 0.3) is 5.56 Å². The molecule has 0 spiro atoms. The predicted octanol–water partition coefficient (Wildman–Crippen LogP) is 2.44. The van der Waals surface area contributed by atoms with Crippen LogP contribution in [0.2, 0.25) is 5.02 Å². The van der Waals surface area contributed by atoms with E-state index in [9.17, 15) is 19.5 Å². The van der Waals surface area contributed by atoms with E-state index in [1.54, 1.807) is 42.7 Å². The van der Waals surface area contributed by atoms with E-state index in [2.05, 4.69) is 10.3 Å². The molecule has 0 unspecified atom stereocenters. The van der Waals surface area contributed by atoms with Crippen molar-refractivity contribution in [2.75, 3.05) is 5.32 Å². The van der Waals surface area contributed by atoms with Gasteiger partial charge in [-0.2, -0.15) is 0 Å². The molecule has 0 atom stereocenters. The van der Waals surface area contributed by atoms with E-state index in [0.29, 0.717) is 5.02 Å². The SMILES string of the molecule is O=C(Cc1ccncc1)Nc1cn2ccn(Cc3cccc(Cl)c3)c(=O)c2c(O)c1=O. The van der Waals surface area contributed by atoms with Gasteiger partial charge in [-0.05, 0) is 35.4 Å². The predicted molar refractivity (Wildman–Crippen MR) is 117 cm³/mol. The highest BCUT2D eigenvalue weighted by molar-refractivity contribution is 6.30. The van der Waals surface area contributed by atoms with Gasteiger partial charge in [-0.15, -0.1) is 0 Å². The molecule has 1 aromatic carbocycles. The maximum absolute atomic E-state index is 12.9. The van der Waals surface area contributed by atoms with Gasteiger partial charge in [-0.3, -0.25) is 19.4 Å². The highest BCUT2D eigenvalue weighted by atomic mass is 35.5. The number of pyridine rings is 2. The van der Waals surface area contributed by atoms with Crippen LogP contribution in [0.25, 0.3) is 5.52 Å². The Hall–Kier alpha value is -3.91. The maximum atomic E-state index is 12.9. The van der Waals surface area contributed by atoms with E-state index in [-0.39, 0.29) is 24.2 Å². The van der Waals surface area contributed by atoms with Crippen LogP contribution in [0.3, 0.4) is 0 Å². The number of carbonyl (C=O) groups excluding carboxylic acids is 1. The van der Waals surface area contributed by atoms with Gasteiger partial charge in [-0.25, -0.2) is 0 Å². The molecule has 9 heteroatoms. The molecule has 3 aromatic heterocycles. The van der Waals surface area contributed by atoms with Crippen molar-refractivity contribution >= 4 is 28.7 Å². The minimum absolute atomic E-state index is 0.0344. The van der Waals surface area contributed by atoms with Crippen molar-refractivity contribution in [3.63, 3.8) is 0 Å². The molecule has 0 bridgehead atoms. The molecule has 2 N–H and O–H groups in total. The highest BCUT2D eigenvalue weighted by Crippen LogP contribution is 2.15. The van der Waals surface area contributed by atoms with Crippen LogP contribution in [0.1, 0.15) is 11.1 Å². The number of amides is 1. The Morgan fingerprint density at radius 2 is 1.87 bits per heavy atom. The van der Waals surface area contributed by atoms with Crippen molar-refractivity contribution in [1.29, 1.82) is 0 Å². The van der Waals surface area contributed by atoms with Gasteiger partial charge in [-0.1, -0.05) is 23.7 Å². The molecule has 0 saturated carbocycles. The van der Waals surface area contributed by atoms with Gasteiger partial charge in [0.2, 0.25) is 11.3 Å². The van der Waals surface area contributed by atoms with E-state index in [1.807, 2.05) is 6.07 Å². The van der Waals surface area contributed by atoms with Gasteiger partial charge in [0.05, 0.1) is 13.0 Å². The molecule has 0 saturated heterocycles. The van der Waals surface area contributed by atoms with Gasteiger partial charge in [0.1, 0.15) is 5.69 Å². The molecular weight excluding hydrogens is 420 g/mol. The Balaban J connectivity index is 1.66. The van der Waals surface area contributed by atoms with Crippen LogP contribution >= 0.6 is 11.6 Å². The van der Waals surface area contributed by atoms with Crippen molar-refractivity contribution in [2.45, 2.75) is 13.0 Å². The third-order valence-electron chi connectivity index (χ3n) is 4.71. The average Bonchev–Trinajstić information content (AvgIpc) is 2.74. The summed E-state index contributed by atoms with van der Waals surface area (Å²) in [5.74, 6) is -1.16. The van der Waals surface area contributed by atoms with Gasteiger partial charge in [0.15, 0.2) is 11.3 Å². The highest BCUT2D eigenvalue weighted by Gasteiger charge is 2.16. The molecule has 0 aliphatic rings. The molecule has 4 aromatic rings. The lowest BCUT2D eigenvalue weighted by molar-refractivity contribution is -0.115. The largest absolute Gasteiger partial charge is 0.502 e. The van der Waals surface area contributed by atoms with Gasteiger partial charge < -0.3 is 19.4 Å². The zero-order chi connectivity index (χ0) is 22.0. The molecule has 3 heterocycles. The number of hydrogen-bond acceptors (Lipinski definition) is 5. The van der Waals surface area contributed by atoms with Crippen LogP contribution in [0, 0.1) is 0 Å². The van der Waals surface area contributed by atoms with Gasteiger partial charge in [0, 0.05) is 36.0 Å². The normalized spacial score (nSPS) is 10.9. The zero-order valence-electron chi connectivity index (χ0n) is 16.2. The molecule has 8 nitrogen and oxygen atoms in total. The Bertz CT molecular complexity index is 1400. The van der Waals surface area contributed by atoms with Gasteiger partial charge >= 0.3 is 0 Å². The Labute approximate surface area is 181 Å². The van der Waals surface area contributed by atoms with Crippen LogP contribution in [0.15, 0.2) is 77.0 Å². The van der Waals surface area contributed by atoms with E-state index >= 15 is 0 Å². The van der Waals surface area contributed by atoms with Crippen LogP contribution < -0.4 is 16.3 Å². The molecular formula is C22H17ClN4O4. The summed E-state index contributed by atoms with van der Waals surface area (Å²) in [5, 5.41) is 13.5. The van der Waals surface area contributed by atoms with Crippen molar-refractivity contribution in [3.8, 4) is 5.75 Å². The molecule has 0 radical (unpaired) electrons. The smallest absolute Gasteiger partial charge is 0.279 e. The molecule has 0 fully saturated rings. The molecule has 0 aliphatic carbocycles. The average molecular weight is 437 g/mol. The summed E-state index contributed by atoms with van der Waals surface area (Å²) in [7, 11) is 0. The first kappa shape index (κ1) is 20.4. The molecule has 31 heavy (non-hydrogen) atoms. The van der Waals surface area contributed by atoms with Crippen LogP contribution in [0.5, 0.6) is 5.75 Å². The van der Waals surface area contributed by atoms with E-state index in [1.165, 1.54) is 27.6 Å². The molecule has 0 aliphatic heterocycles. The minimum atomic E-state index is -0.833. The topological polar surface area (TPSA) is 106 Å². The number of fused-ring (bicyclic) bond motifs is 1. The Kier molecular flexibility index (Phi) is 5.55. The second-order valence-corrected chi connectivity index (χ2v) is 7.35. The number of benzene rings is 1. The lowest BCUT2D eigenvalue weighted by Gasteiger charge is -2.12. The number of carbonyl (C=O) groups is 1. The van der Waals surface area contributed by atoms with Crippen LogP contribution in [-0.4, -0.2) is 25.0 Å². The number of hydrogen-bond donors (Lipinski definition) is 2. The number of aromatic hydroxyl groups is 1. The summed E-state index contributed by atoms with van der Waals surface area (Å²) in [6, 6.07) is 10.4. The molecule has 1 amide bonds. The van der Waals surface area contributed by atoms with Crippen LogP contribution in [0.4, 0.5) is 5.69 Å². The minimum Gasteiger partial charge on any atom is -0.502 e. The maximum Gasteiger partial charge on any atom is 0.279 e. The fourth-order valence-corrected chi connectivity index (χ4v) is 3.44. The lowest BCUT2D eigenvalue weighted by atomic mass is 10.2. The van der Waals surface area contributed by atoms with Crippen molar-refractivity contribution in [1.82, 2.24) is 14.0 Å². The number of rotatable bonds is 5. The van der Waals surface area contributed by atoms with E-state index in [4.69, 9.17) is 11.6 Å². The Morgan fingerprint density at radius 3 is 2.61 bits per heavy atom. The van der Waals surface area contributed by atoms with Crippen molar-refractivity contribution in [3.05, 3.63) is 104 Å². The monoisotopic (exact) mass is 436 g/mol. The number of anilines is 1. The van der Waals surface area contributed by atoms with Crippen molar-refractivity contribution in [2.24, 2.45) is 0 Å². The van der Waals surface area contributed by atoms with E-state index in [0.717, 1.165) is 11.1 Å². The first-order valence-corrected chi connectivity index (χ1v) is 9.71. The summed E-state index contributed by atoms with van der Waals surface area (Å²) in [4.78, 5) is 41.6. The lowest BCUT2D eigenvalue weighted by Crippen LogP contribution is -2.26. The number of aromatic nitrogens is 3. The summed E-state index contributed by atoms with van der Waals surface area (Å²) >= 11 is 5.99. The fourth-order valence-electron chi connectivity index (χ4n) is 3.23. The standard InChI is InChI=1S/C22H17ClN4O4/c23-16-3-1-2-15(10-16)12-27-9-8-26-13-17(20(29)21(30)19(26)22(27)31)25-18(28)11-14-4-6-24-7-5-14/h1-10,13,30H,11-12H2,(H,25,28). The second-order valence-electron chi connectivity index (χ2n) is 6.92. The quantitative estimate of drug-likeness (QED) is 0.500. The molecule has 156 valence electrons. The number of nitrogens with one attached hydrogen (secondary N) is 1. The third kappa shape index (κ3) is 4.34. The summed E-state index contributed by atoms with van der Waals surface area (Å²) < 4.78 is 2.68. The summed E-state index contributed by atoms with van der Waals surface area (Å²) in [5.41, 5.74) is -0.169. The third-order valence-corrected chi connectivity index (χ3v) is 4.95. The summed E-state index contributed by atoms with van der Waals surface area (Å²) in [6.45, 7) is 0.216. The van der Waals surface area contributed by atoms with Crippen LogP contribution in [-0.2, 0) is 17.8 Å². The first-order chi connectivity index (χ1) is 14.9. The van der Waals surface area contributed by atoms with E-state index < -0.39 is 22.6 Å². The first-order valence-electron chi connectivity index (χ1n) is 9.33.